The first-order valence-electron chi connectivity index (χ1n) is 3.35. The van der Waals surface area contributed by atoms with Crippen LogP contribution in [0.1, 0.15) is 4.88 Å². The first-order valence-corrected chi connectivity index (χ1v) is 4.16. The van der Waals surface area contributed by atoms with Gasteiger partial charge in [0.1, 0.15) is 0 Å². The molecule has 5 heteroatoms. The Kier molecular flexibility index (Phi) is 2.95. The molecule has 0 amide bonds. The van der Waals surface area contributed by atoms with Crippen LogP contribution in [0.15, 0.2) is 18.2 Å². The molecule has 0 fully saturated rings. The van der Waals surface area contributed by atoms with Gasteiger partial charge in [0.15, 0.2) is 0 Å². The molecule has 0 aromatic carbocycles. The van der Waals surface area contributed by atoms with Gasteiger partial charge in [-0.3, -0.25) is 10.1 Å². The summed E-state index contributed by atoms with van der Waals surface area (Å²) in [5, 5.41) is 10.4. The van der Waals surface area contributed by atoms with Crippen LogP contribution in [-0.2, 0) is 0 Å². The second-order valence-corrected chi connectivity index (χ2v) is 3.16. The molecule has 0 aliphatic carbocycles. The molecule has 0 saturated heterocycles. The molecule has 12 heavy (non-hydrogen) atoms. The number of rotatable bonds is 3. The van der Waals surface area contributed by atoms with Gasteiger partial charge in [-0.1, -0.05) is 17.4 Å². The quantitative estimate of drug-likeness (QED) is 0.573. The lowest BCUT2D eigenvalue weighted by atomic mass is 10.4. The molecule has 0 atom stereocenters. The SMILES string of the molecule is NC/C=C/c1ccc([N+](=O)[O-])s1. The van der Waals surface area contributed by atoms with Crippen molar-refractivity contribution in [2.24, 2.45) is 5.73 Å². The van der Waals surface area contributed by atoms with Crippen LogP contribution in [-0.4, -0.2) is 11.5 Å². The van der Waals surface area contributed by atoms with Crippen LogP contribution >= 0.6 is 11.3 Å². The first-order chi connectivity index (χ1) is 5.74. The van der Waals surface area contributed by atoms with Crippen molar-refractivity contribution in [3.8, 4) is 0 Å². The molecular weight excluding hydrogens is 176 g/mol. The van der Waals surface area contributed by atoms with Crippen molar-refractivity contribution in [1.29, 1.82) is 0 Å². The van der Waals surface area contributed by atoms with Crippen molar-refractivity contribution in [2.75, 3.05) is 6.54 Å². The Morgan fingerprint density at radius 3 is 2.92 bits per heavy atom. The van der Waals surface area contributed by atoms with Crippen molar-refractivity contribution >= 4 is 22.4 Å². The van der Waals surface area contributed by atoms with Gasteiger partial charge in [0.25, 0.3) is 0 Å². The van der Waals surface area contributed by atoms with E-state index in [9.17, 15) is 10.1 Å². The van der Waals surface area contributed by atoms with Crippen LogP contribution in [0.3, 0.4) is 0 Å². The molecule has 2 N–H and O–H groups in total. The average molecular weight is 184 g/mol. The molecule has 1 heterocycles. The lowest BCUT2D eigenvalue weighted by molar-refractivity contribution is -0.380. The smallest absolute Gasteiger partial charge is 0.324 e. The molecule has 0 unspecified atom stereocenters. The van der Waals surface area contributed by atoms with Crippen LogP contribution in [0.25, 0.3) is 6.08 Å². The number of nitrogens with zero attached hydrogens (tertiary/aromatic N) is 1. The normalized spacial score (nSPS) is 10.8. The minimum atomic E-state index is -0.398. The molecule has 0 bridgehead atoms. The maximum absolute atomic E-state index is 10.3. The van der Waals surface area contributed by atoms with Gasteiger partial charge < -0.3 is 5.73 Å². The maximum atomic E-state index is 10.3. The van der Waals surface area contributed by atoms with E-state index in [-0.39, 0.29) is 5.00 Å². The highest BCUT2D eigenvalue weighted by Crippen LogP contribution is 2.24. The highest BCUT2D eigenvalue weighted by molar-refractivity contribution is 7.16. The summed E-state index contributed by atoms with van der Waals surface area (Å²) < 4.78 is 0. The number of thiophene rings is 1. The Morgan fingerprint density at radius 2 is 2.42 bits per heavy atom. The molecule has 64 valence electrons. The van der Waals surface area contributed by atoms with Crippen LogP contribution in [0, 0.1) is 10.1 Å². The van der Waals surface area contributed by atoms with Gasteiger partial charge in [-0.05, 0) is 12.1 Å². The van der Waals surface area contributed by atoms with Crippen LogP contribution in [0.2, 0.25) is 0 Å². The fourth-order valence-electron chi connectivity index (χ4n) is 0.714. The van der Waals surface area contributed by atoms with Crippen LogP contribution in [0.4, 0.5) is 5.00 Å². The Morgan fingerprint density at radius 1 is 1.67 bits per heavy atom. The molecule has 4 nitrogen and oxygen atoms in total. The van der Waals surface area contributed by atoms with Crippen molar-refractivity contribution in [1.82, 2.24) is 0 Å². The molecular formula is C7H8N2O2S. The summed E-state index contributed by atoms with van der Waals surface area (Å²) >= 11 is 1.14. The number of hydrogen-bond acceptors (Lipinski definition) is 4. The van der Waals surface area contributed by atoms with E-state index in [0.717, 1.165) is 16.2 Å². The van der Waals surface area contributed by atoms with E-state index >= 15 is 0 Å². The topological polar surface area (TPSA) is 69.2 Å². The summed E-state index contributed by atoms with van der Waals surface area (Å²) in [5.74, 6) is 0. The Bertz CT molecular complexity index is 306. The monoisotopic (exact) mass is 184 g/mol. The van der Waals surface area contributed by atoms with Gasteiger partial charge in [0.2, 0.25) is 0 Å². The summed E-state index contributed by atoms with van der Waals surface area (Å²) in [7, 11) is 0. The van der Waals surface area contributed by atoms with E-state index in [1.807, 2.05) is 0 Å². The second kappa shape index (κ2) is 3.99. The summed E-state index contributed by atoms with van der Waals surface area (Å²) in [6, 6.07) is 3.19. The fraction of sp³-hybridized carbons (Fsp3) is 0.143. The lowest BCUT2D eigenvalue weighted by Gasteiger charge is -1.81. The Hall–Kier alpha value is -1.20. The van der Waals surface area contributed by atoms with E-state index in [4.69, 9.17) is 5.73 Å². The van der Waals surface area contributed by atoms with E-state index in [0.29, 0.717) is 6.54 Å². The third kappa shape index (κ3) is 2.14. The van der Waals surface area contributed by atoms with Crippen LogP contribution in [0.5, 0.6) is 0 Å². The van der Waals surface area contributed by atoms with E-state index in [1.165, 1.54) is 6.07 Å². The molecule has 0 saturated carbocycles. The lowest BCUT2D eigenvalue weighted by Crippen LogP contribution is -1.91. The second-order valence-electron chi connectivity index (χ2n) is 2.07. The number of nitro groups is 1. The number of hydrogen-bond donors (Lipinski definition) is 1. The largest absolute Gasteiger partial charge is 0.327 e. The number of nitrogens with two attached hydrogens (primary N) is 1. The van der Waals surface area contributed by atoms with Gasteiger partial charge >= 0.3 is 5.00 Å². The van der Waals surface area contributed by atoms with Gasteiger partial charge in [-0.2, -0.15) is 0 Å². The summed E-state index contributed by atoms with van der Waals surface area (Å²) in [6.07, 6.45) is 3.53. The van der Waals surface area contributed by atoms with Crippen LogP contribution < -0.4 is 5.73 Å². The minimum absolute atomic E-state index is 0.159. The Labute approximate surface area is 73.5 Å². The molecule has 0 spiro atoms. The third-order valence-corrected chi connectivity index (χ3v) is 2.21. The first kappa shape index (κ1) is 8.89. The molecule has 1 aromatic heterocycles. The zero-order valence-corrected chi connectivity index (χ0v) is 7.08. The predicted molar refractivity (Wildman–Crippen MR) is 49.1 cm³/mol. The summed E-state index contributed by atoms with van der Waals surface area (Å²) in [5.41, 5.74) is 5.23. The van der Waals surface area contributed by atoms with Gasteiger partial charge in [0, 0.05) is 17.5 Å². The van der Waals surface area contributed by atoms with E-state index in [1.54, 1.807) is 18.2 Å². The molecule has 0 aliphatic heterocycles. The van der Waals surface area contributed by atoms with E-state index in [2.05, 4.69) is 0 Å². The van der Waals surface area contributed by atoms with Crippen molar-refractivity contribution < 1.29 is 4.92 Å². The van der Waals surface area contributed by atoms with Crippen molar-refractivity contribution in [2.45, 2.75) is 0 Å². The van der Waals surface area contributed by atoms with Gasteiger partial charge in [0.05, 0.1) is 4.92 Å². The van der Waals surface area contributed by atoms with E-state index < -0.39 is 4.92 Å². The molecule has 1 aromatic rings. The standard InChI is InChI=1S/C7H8N2O2S/c8-5-1-2-6-3-4-7(12-6)9(10)11/h1-4H,5,8H2/b2-1+. The predicted octanol–water partition coefficient (Wildman–Crippen LogP) is 1.63. The highest BCUT2D eigenvalue weighted by atomic mass is 32.1. The summed E-state index contributed by atoms with van der Waals surface area (Å²) in [6.45, 7) is 0.450. The third-order valence-electron chi connectivity index (χ3n) is 1.21. The maximum Gasteiger partial charge on any atom is 0.324 e. The van der Waals surface area contributed by atoms with Gasteiger partial charge in [-0.25, -0.2) is 0 Å². The zero-order chi connectivity index (χ0) is 8.97. The summed E-state index contributed by atoms with van der Waals surface area (Å²) in [4.78, 5) is 10.7. The molecule has 0 aliphatic rings. The minimum Gasteiger partial charge on any atom is -0.327 e. The fourth-order valence-corrected chi connectivity index (χ4v) is 1.47. The Balaban J connectivity index is 2.77. The average Bonchev–Trinajstić information content (AvgIpc) is 2.48. The van der Waals surface area contributed by atoms with Gasteiger partial charge in [-0.15, -0.1) is 0 Å². The zero-order valence-electron chi connectivity index (χ0n) is 6.27. The highest BCUT2D eigenvalue weighted by Gasteiger charge is 2.06. The molecule has 1 rings (SSSR count). The van der Waals surface area contributed by atoms with Crippen molar-refractivity contribution in [3.05, 3.63) is 33.2 Å². The van der Waals surface area contributed by atoms with Crippen molar-refractivity contribution in [3.63, 3.8) is 0 Å². The molecule has 0 radical (unpaired) electrons.